The van der Waals surface area contributed by atoms with E-state index in [0.717, 1.165) is 30.5 Å². The number of rotatable bonds is 9. The van der Waals surface area contributed by atoms with Gasteiger partial charge in [-0.3, -0.25) is 4.79 Å². The molecule has 0 spiro atoms. The SMILES string of the molecule is Cc1ccc(Cc2nsc(N(C)CC(=O)NCCCN3CCCC[C@@H]3C)n2)cc1. The molecule has 29 heavy (non-hydrogen) atoms. The molecule has 1 atom stereocenters. The van der Waals surface area contributed by atoms with Gasteiger partial charge in [-0.15, -0.1) is 0 Å². The van der Waals surface area contributed by atoms with Crippen LogP contribution < -0.4 is 10.2 Å². The maximum atomic E-state index is 12.3. The first-order valence-electron chi connectivity index (χ1n) is 10.6. The fourth-order valence-corrected chi connectivity index (χ4v) is 4.34. The Morgan fingerprint density at radius 3 is 2.86 bits per heavy atom. The Labute approximate surface area is 178 Å². The molecule has 1 saturated heterocycles. The van der Waals surface area contributed by atoms with Gasteiger partial charge >= 0.3 is 0 Å². The van der Waals surface area contributed by atoms with Gasteiger partial charge in [0.25, 0.3) is 0 Å². The molecule has 0 bridgehead atoms. The van der Waals surface area contributed by atoms with Gasteiger partial charge in [0, 0.05) is 44.1 Å². The van der Waals surface area contributed by atoms with Gasteiger partial charge in [0.15, 0.2) is 0 Å². The third-order valence-electron chi connectivity index (χ3n) is 5.53. The van der Waals surface area contributed by atoms with Crippen LogP contribution in [0.25, 0.3) is 0 Å². The highest BCUT2D eigenvalue weighted by molar-refractivity contribution is 7.09. The standard InChI is InChI=1S/C22H33N5OS/c1-17-8-10-19(11-9-17)15-20-24-22(29-25-20)26(3)16-21(28)23-12-6-14-27-13-5-4-7-18(27)2/h8-11,18H,4-7,12-16H2,1-3H3,(H,23,28)/t18-/m0/s1. The molecule has 7 heteroatoms. The Hall–Kier alpha value is -1.99. The largest absolute Gasteiger partial charge is 0.355 e. The molecular formula is C22H33N5OS. The number of benzene rings is 1. The van der Waals surface area contributed by atoms with E-state index in [-0.39, 0.29) is 5.91 Å². The van der Waals surface area contributed by atoms with E-state index in [0.29, 0.717) is 19.0 Å². The second kappa shape index (κ2) is 10.7. The van der Waals surface area contributed by atoms with Crippen molar-refractivity contribution in [1.29, 1.82) is 0 Å². The van der Waals surface area contributed by atoms with Crippen molar-refractivity contribution in [3.63, 3.8) is 0 Å². The molecule has 0 radical (unpaired) electrons. The molecule has 1 aliphatic rings. The van der Waals surface area contributed by atoms with Crippen molar-refractivity contribution in [3.8, 4) is 0 Å². The van der Waals surface area contributed by atoms with Gasteiger partial charge in [-0.2, -0.15) is 4.37 Å². The Balaban J connectivity index is 1.38. The lowest BCUT2D eigenvalue weighted by Gasteiger charge is -2.33. The van der Waals surface area contributed by atoms with Crippen molar-refractivity contribution in [2.45, 2.75) is 52.0 Å². The number of aryl methyl sites for hydroxylation is 1. The van der Waals surface area contributed by atoms with E-state index in [9.17, 15) is 4.79 Å². The Kier molecular flexibility index (Phi) is 8.00. The monoisotopic (exact) mass is 415 g/mol. The molecule has 1 aromatic heterocycles. The van der Waals surface area contributed by atoms with Gasteiger partial charge < -0.3 is 15.1 Å². The normalized spacial score (nSPS) is 17.3. The highest BCUT2D eigenvalue weighted by atomic mass is 32.1. The van der Waals surface area contributed by atoms with Crippen LogP contribution in [0.5, 0.6) is 0 Å². The van der Waals surface area contributed by atoms with Crippen LogP contribution in [0.4, 0.5) is 5.13 Å². The van der Waals surface area contributed by atoms with Gasteiger partial charge in [0.1, 0.15) is 5.82 Å². The van der Waals surface area contributed by atoms with Crippen LogP contribution in [0.1, 0.15) is 49.6 Å². The van der Waals surface area contributed by atoms with Gasteiger partial charge in [-0.25, -0.2) is 4.98 Å². The molecule has 1 aromatic carbocycles. The summed E-state index contributed by atoms with van der Waals surface area (Å²) in [5.41, 5.74) is 2.44. The van der Waals surface area contributed by atoms with E-state index in [4.69, 9.17) is 0 Å². The van der Waals surface area contributed by atoms with Crippen LogP contribution in [0.2, 0.25) is 0 Å². The lowest BCUT2D eigenvalue weighted by molar-refractivity contribution is -0.119. The number of likely N-dealkylation sites (N-methyl/N-ethyl adjacent to an activating group) is 1. The minimum absolute atomic E-state index is 0.0366. The quantitative estimate of drug-likeness (QED) is 0.637. The molecule has 2 aromatic rings. The second-order valence-electron chi connectivity index (χ2n) is 8.10. The lowest BCUT2D eigenvalue weighted by atomic mass is 10.0. The number of aromatic nitrogens is 2. The summed E-state index contributed by atoms with van der Waals surface area (Å²) in [6.45, 7) is 7.68. The first-order valence-corrected chi connectivity index (χ1v) is 11.4. The summed E-state index contributed by atoms with van der Waals surface area (Å²) in [6, 6.07) is 9.10. The summed E-state index contributed by atoms with van der Waals surface area (Å²) in [5, 5.41) is 3.82. The number of likely N-dealkylation sites (tertiary alicyclic amines) is 1. The zero-order valence-corrected chi connectivity index (χ0v) is 18.7. The number of piperidine rings is 1. The van der Waals surface area contributed by atoms with Gasteiger partial charge in [0.05, 0.1) is 6.54 Å². The number of nitrogens with one attached hydrogen (secondary N) is 1. The Bertz CT molecular complexity index is 776. The number of hydrogen-bond acceptors (Lipinski definition) is 6. The van der Waals surface area contributed by atoms with E-state index in [1.165, 1.54) is 48.5 Å². The molecule has 2 heterocycles. The first-order chi connectivity index (χ1) is 14.0. The van der Waals surface area contributed by atoms with Crippen LogP contribution >= 0.6 is 11.5 Å². The van der Waals surface area contributed by atoms with Crippen LogP contribution in [-0.2, 0) is 11.2 Å². The topological polar surface area (TPSA) is 61.4 Å². The molecule has 1 N–H and O–H groups in total. The number of hydrogen-bond donors (Lipinski definition) is 1. The highest BCUT2D eigenvalue weighted by Gasteiger charge is 2.17. The molecule has 158 valence electrons. The highest BCUT2D eigenvalue weighted by Crippen LogP contribution is 2.18. The van der Waals surface area contributed by atoms with Gasteiger partial charge in [-0.05, 0) is 45.2 Å². The maximum absolute atomic E-state index is 12.3. The van der Waals surface area contributed by atoms with Crippen molar-refractivity contribution < 1.29 is 4.79 Å². The zero-order valence-electron chi connectivity index (χ0n) is 17.9. The van der Waals surface area contributed by atoms with E-state index < -0.39 is 0 Å². The molecule has 1 aliphatic heterocycles. The van der Waals surface area contributed by atoms with E-state index >= 15 is 0 Å². The molecule has 0 saturated carbocycles. The summed E-state index contributed by atoms with van der Waals surface area (Å²) in [6.07, 6.45) is 5.66. The predicted octanol–water partition coefficient (Wildman–Crippen LogP) is 3.25. The van der Waals surface area contributed by atoms with Gasteiger partial charge in [-0.1, -0.05) is 36.2 Å². The van der Waals surface area contributed by atoms with Crippen LogP contribution in [0.15, 0.2) is 24.3 Å². The number of amides is 1. The summed E-state index contributed by atoms with van der Waals surface area (Å²) in [7, 11) is 1.89. The van der Waals surface area contributed by atoms with Gasteiger partial charge in [0.2, 0.25) is 11.0 Å². The lowest BCUT2D eigenvalue weighted by Crippen LogP contribution is -2.40. The van der Waals surface area contributed by atoms with Crippen molar-refractivity contribution in [1.82, 2.24) is 19.6 Å². The zero-order chi connectivity index (χ0) is 20.6. The fourth-order valence-electron chi connectivity index (χ4n) is 3.70. The average molecular weight is 416 g/mol. The van der Waals surface area contributed by atoms with Crippen molar-refractivity contribution in [2.24, 2.45) is 0 Å². The molecule has 1 amide bonds. The summed E-state index contributed by atoms with van der Waals surface area (Å²) < 4.78 is 4.45. The third kappa shape index (κ3) is 6.78. The summed E-state index contributed by atoms with van der Waals surface area (Å²) in [4.78, 5) is 21.3. The van der Waals surface area contributed by atoms with Crippen molar-refractivity contribution >= 4 is 22.6 Å². The molecule has 3 rings (SSSR count). The molecular weight excluding hydrogens is 382 g/mol. The molecule has 6 nitrogen and oxygen atoms in total. The van der Waals surface area contributed by atoms with Crippen LogP contribution in [-0.4, -0.2) is 59.4 Å². The minimum atomic E-state index is 0.0366. The minimum Gasteiger partial charge on any atom is -0.355 e. The molecule has 0 aliphatic carbocycles. The summed E-state index contributed by atoms with van der Waals surface area (Å²) in [5.74, 6) is 0.839. The number of nitrogens with zero attached hydrogens (tertiary/aromatic N) is 4. The summed E-state index contributed by atoms with van der Waals surface area (Å²) >= 11 is 1.35. The smallest absolute Gasteiger partial charge is 0.239 e. The Morgan fingerprint density at radius 2 is 2.10 bits per heavy atom. The van der Waals surface area contributed by atoms with E-state index in [2.05, 4.69) is 57.7 Å². The van der Waals surface area contributed by atoms with E-state index in [1.54, 1.807) is 0 Å². The number of carbonyl (C=O) groups excluding carboxylic acids is 1. The van der Waals surface area contributed by atoms with Crippen molar-refractivity contribution in [3.05, 3.63) is 41.2 Å². The average Bonchev–Trinajstić information content (AvgIpc) is 3.17. The van der Waals surface area contributed by atoms with Crippen LogP contribution in [0.3, 0.4) is 0 Å². The second-order valence-corrected chi connectivity index (χ2v) is 8.83. The fraction of sp³-hybridized carbons (Fsp3) is 0.591. The van der Waals surface area contributed by atoms with Crippen molar-refractivity contribution in [2.75, 3.05) is 38.1 Å². The molecule has 0 unspecified atom stereocenters. The third-order valence-corrected chi connectivity index (χ3v) is 6.40. The number of carbonyl (C=O) groups is 1. The van der Waals surface area contributed by atoms with E-state index in [1.807, 2.05) is 11.9 Å². The Morgan fingerprint density at radius 1 is 1.31 bits per heavy atom. The predicted molar refractivity (Wildman–Crippen MR) is 120 cm³/mol. The first kappa shape index (κ1) is 21.7. The molecule has 1 fully saturated rings. The maximum Gasteiger partial charge on any atom is 0.239 e. The number of anilines is 1. The van der Waals surface area contributed by atoms with Crippen LogP contribution in [0, 0.1) is 6.92 Å².